The van der Waals surface area contributed by atoms with Gasteiger partial charge in [-0.3, -0.25) is 14.8 Å². The van der Waals surface area contributed by atoms with E-state index in [0.717, 1.165) is 9.44 Å². The van der Waals surface area contributed by atoms with Gasteiger partial charge in [0.1, 0.15) is 6.67 Å². The second-order valence-electron chi connectivity index (χ2n) is 4.69. The Morgan fingerprint density at radius 1 is 1.36 bits per heavy atom. The highest BCUT2D eigenvalue weighted by Gasteiger charge is 2.19. The van der Waals surface area contributed by atoms with Crippen molar-refractivity contribution in [2.24, 2.45) is 19.2 Å². The minimum absolute atomic E-state index is 0.0372. The summed E-state index contributed by atoms with van der Waals surface area (Å²) in [6.45, 7) is 3.24. The number of imidazole rings is 1. The van der Waals surface area contributed by atoms with Crippen molar-refractivity contribution in [3.63, 3.8) is 0 Å². The number of fused-ring (bicyclic) bond motifs is 1. The number of rotatable bonds is 4. The fraction of sp³-hybridized carbons (Fsp3) is 0.231. The molecule has 0 radical (unpaired) electrons. The van der Waals surface area contributed by atoms with Crippen molar-refractivity contribution in [1.29, 1.82) is 0 Å². The van der Waals surface area contributed by atoms with Crippen molar-refractivity contribution < 1.29 is 0 Å². The van der Waals surface area contributed by atoms with Crippen LogP contribution in [0.25, 0.3) is 21.9 Å². The van der Waals surface area contributed by atoms with E-state index < -0.39 is 11.2 Å². The average Bonchev–Trinajstić information content (AvgIpc) is 3.12. The summed E-state index contributed by atoms with van der Waals surface area (Å²) in [5, 5.41) is 5.40. The van der Waals surface area contributed by atoms with Crippen molar-refractivity contribution in [2.45, 2.75) is 6.67 Å². The normalized spacial score (nSPS) is 11.0. The Labute approximate surface area is 129 Å². The molecule has 0 aliphatic carbocycles. The number of aryl methyl sites for hydroxylation is 2. The van der Waals surface area contributed by atoms with E-state index in [1.165, 1.54) is 15.9 Å². The highest BCUT2D eigenvalue weighted by Crippen LogP contribution is 2.25. The van der Waals surface area contributed by atoms with Crippen LogP contribution < -0.4 is 16.7 Å². The largest absolute Gasteiger partial charge is 0.334 e. The van der Waals surface area contributed by atoms with Crippen LogP contribution in [-0.2, 0) is 20.8 Å². The minimum Gasteiger partial charge on any atom is -0.321 e. The van der Waals surface area contributed by atoms with Gasteiger partial charge in [0.2, 0.25) is 0 Å². The standard InChI is InChI=1S/C13H14N6O2S/c1-14-15-7-19-12(20)9-11(18(3)13(19)21)16-10(17(9)2)8-5-4-6-22-8/h4-6,15H,1,7H2,2-3H3. The Kier molecular flexibility index (Phi) is 3.41. The first-order valence-electron chi connectivity index (χ1n) is 6.45. The molecule has 0 amide bonds. The van der Waals surface area contributed by atoms with Gasteiger partial charge in [-0.2, -0.15) is 5.10 Å². The predicted molar refractivity (Wildman–Crippen MR) is 86.2 cm³/mol. The summed E-state index contributed by atoms with van der Waals surface area (Å²) in [6, 6.07) is 3.84. The Morgan fingerprint density at radius 3 is 2.77 bits per heavy atom. The Bertz CT molecular complexity index is 963. The van der Waals surface area contributed by atoms with Crippen molar-refractivity contribution in [3.05, 3.63) is 38.4 Å². The molecule has 0 aliphatic rings. The fourth-order valence-electron chi connectivity index (χ4n) is 2.33. The first-order chi connectivity index (χ1) is 10.6. The van der Waals surface area contributed by atoms with Crippen LogP contribution in [0.1, 0.15) is 0 Å². The van der Waals surface area contributed by atoms with Crippen LogP contribution in [0.5, 0.6) is 0 Å². The number of thiophene rings is 1. The van der Waals surface area contributed by atoms with Crippen molar-refractivity contribution in [3.8, 4) is 10.7 Å². The van der Waals surface area contributed by atoms with Crippen LogP contribution in [0, 0.1) is 0 Å². The molecule has 0 saturated heterocycles. The molecule has 0 aromatic carbocycles. The molecule has 0 saturated carbocycles. The lowest BCUT2D eigenvalue weighted by molar-refractivity contribution is 0.529. The predicted octanol–water partition coefficient (Wildman–Crippen LogP) is 0.325. The van der Waals surface area contributed by atoms with Gasteiger partial charge in [-0.15, -0.1) is 11.3 Å². The monoisotopic (exact) mass is 318 g/mol. The van der Waals surface area contributed by atoms with Crippen LogP contribution in [0.4, 0.5) is 0 Å². The molecule has 3 aromatic heterocycles. The summed E-state index contributed by atoms with van der Waals surface area (Å²) in [4.78, 5) is 30.3. The van der Waals surface area contributed by atoms with Gasteiger partial charge >= 0.3 is 5.69 Å². The first-order valence-corrected chi connectivity index (χ1v) is 7.33. The summed E-state index contributed by atoms with van der Waals surface area (Å²) >= 11 is 1.52. The third-order valence-electron chi connectivity index (χ3n) is 3.44. The van der Waals surface area contributed by atoms with Crippen LogP contribution in [0.15, 0.2) is 32.2 Å². The van der Waals surface area contributed by atoms with Gasteiger partial charge in [-0.05, 0) is 11.4 Å². The van der Waals surface area contributed by atoms with Crippen LogP contribution in [0.2, 0.25) is 0 Å². The number of aromatic nitrogens is 4. The summed E-state index contributed by atoms with van der Waals surface area (Å²) in [5.41, 5.74) is 2.40. The zero-order chi connectivity index (χ0) is 15.9. The minimum atomic E-state index is -0.454. The van der Waals surface area contributed by atoms with Gasteiger partial charge in [0.05, 0.1) is 4.88 Å². The quantitative estimate of drug-likeness (QED) is 0.555. The molecule has 3 rings (SSSR count). The molecule has 0 atom stereocenters. The third-order valence-corrected chi connectivity index (χ3v) is 4.31. The van der Waals surface area contributed by atoms with E-state index in [4.69, 9.17) is 0 Å². The van der Waals surface area contributed by atoms with Crippen molar-refractivity contribution in [1.82, 2.24) is 24.1 Å². The van der Waals surface area contributed by atoms with Crippen LogP contribution >= 0.6 is 11.3 Å². The Morgan fingerprint density at radius 2 is 2.14 bits per heavy atom. The Hall–Kier alpha value is -2.68. The lowest BCUT2D eigenvalue weighted by atomic mass is 10.4. The van der Waals surface area contributed by atoms with E-state index in [0.29, 0.717) is 17.0 Å². The van der Waals surface area contributed by atoms with Gasteiger partial charge in [-0.1, -0.05) is 6.07 Å². The maximum atomic E-state index is 12.6. The van der Waals surface area contributed by atoms with E-state index in [-0.39, 0.29) is 6.67 Å². The number of hydrazone groups is 1. The molecule has 0 bridgehead atoms. The SMILES string of the molecule is C=NNCn1c(=O)c2c(nc(-c3cccs3)n2C)n(C)c1=O. The first kappa shape index (κ1) is 14.3. The molecule has 9 heteroatoms. The number of hydrogen-bond donors (Lipinski definition) is 1. The van der Waals surface area contributed by atoms with Gasteiger partial charge in [-0.25, -0.2) is 14.3 Å². The second-order valence-corrected chi connectivity index (χ2v) is 5.64. The van der Waals surface area contributed by atoms with Gasteiger partial charge < -0.3 is 4.57 Å². The van der Waals surface area contributed by atoms with Crippen LogP contribution in [-0.4, -0.2) is 25.4 Å². The maximum Gasteiger partial charge on any atom is 0.334 e. The average molecular weight is 318 g/mol. The summed E-state index contributed by atoms with van der Waals surface area (Å²) in [7, 11) is 3.35. The molecule has 1 N–H and O–H groups in total. The lowest BCUT2D eigenvalue weighted by Gasteiger charge is -2.07. The molecule has 3 aromatic rings. The van der Waals surface area contributed by atoms with Gasteiger partial charge in [0.25, 0.3) is 5.56 Å². The smallest absolute Gasteiger partial charge is 0.321 e. The molecular weight excluding hydrogens is 304 g/mol. The second kappa shape index (κ2) is 5.26. The number of nitrogens with one attached hydrogen (secondary N) is 1. The van der Waals surface area contributed by atoms with Gasteiger partial charge in [0.15, 0.2) is 17.0 Å². The van der Waals surface area contributed by atoms with Gasteiger partial charge in [0, 0.05) is 20.8 Å². The third kappa shape index (κ3) is 1.98. The zero-order valence-corrected chi connectivity index (χ0v) is 12.9. The molecule has 0 unspecified atom stereocenters. The highest BCUT2D eigenvalue weighted by molar-refractivity contribution is 7.13. The zero-order valence-electron chi connectivity index (χ0n) is 12.1. The molecule has 0 spiro atoms. The molecular formula is C13H14N6O2S. The molecule has 0 aliphatic heterocycles. The molecule has 8 nitrogen and oxygen atoms in total. The molecule has 0 fully saturated rings. The van der Waals surface area contributed by atoms with Crippen LogP contribution in [0.3, 0.4) is 0 Å². The van der Waals surface area contributed by atoms with E-state index in [2.05, 4.69) is 22.2 Å². The van der Waals surface area contributed by atoms with Crippen molar-refractivity contribution >= 4 is 29.2 Å². The van der Waals surface area contributed by atoms with E-state index in [1.54, 1.807) is 18.7 Å². The van der Waals surface area contributed by atoms with Crippen molar-refractivity contribution in [2.75, 3.05) is 0 Å². The summed E-state index contributed by atoms with van der Waals surface area (Å²) in [5.74, 6) is 0.657. The molecule has 22 heavy (non-hydrogen) atoms. The number of hydrogen-bond acceptors (Lipinski definition) is 6. The molecule has 3 heterocycles. The fourth-order valence-corrected chi connectivity index (χ4v) is 3.08. The Balaban J connectivity index is 2.36. The van der Waals surface area contributed by atoms with E-state index >= 15 is 0 Å². The van der Waals surface area contributed by atoms with E-state index in [9.17, 15) is 9.59 Å². The summed E-state index contributed by atoms with van der Waals surface area (Å²) < 4.78 is 4.14. The lowest BCUT2D eigenvalue weighted by Crippen LogP contribution is -2.42. The molecule has 114 valence electrons. The van der Waals surface area contributed by atoms with E-state index in [1.807, 2.05) is 17.5 Å². The number of nitrogens with zero attached hydrogens (tertiary/aromatic N) is 5. The topological polar surface area (TPSA) is 86.2 Å². The maximum absolute atomic E-state index is 12.6. The highest BCUT2D eigenvalue weighted by atomic mass is 32.1. The summed E-state index contributed by atoms with van der Waals surface area (Å²) in [6.07, 6.45) is 0.